The second-order valence-corrected chi connectivity index (χ2v) is 7.59. The van der Waals surface area contributed by atoms with E-state index in [-0.39, 0.29) is 28.1 Å². The van der Waals surface area contributed by atoms with Crippen molar-refractivity contribution in [3.05, 3.63) is 75.3 Å². The Kier molecular flexibility index (Phi) is 10.0. The highest BCUT2D eigenvalue weighted by Crippen LogP contribution is 2.24. The third kappa shape index (κ3) is 7.67. The van der Waals surface area contributed by atoms with Gasteiger partial charge in [-0.15, -0.1) is 0 Å². The average Bonchev–Trinajstić information content (AvgIpc) is 2.73. The average molecular weight is 466 g/mol. The summed E-state index contributed by atoms with van der Waals surface area (Å²) in [4.78, 5) is 24.0. The van der Waals surface area contributed by atoms with Crippen molar-refractivity contribution >= 4 is 41.2 Å². The Balaban J connectivity index is 1.97. The SMILES string of the molecule is COCCOC(C)c1ccc(/C=C/CC(NC(=O)c2c(Cl)cccc2Cl)C(=O)O)cc1. The van der Waals surface area contributed by atoms with Gasteiger partial charge in [-0.1, -0.05) is 65.7 Å². The second-order valence-electron chi connectivity index (χ2n) is 6.77. The normalized spacial score (nSPS) is 13.2. The van der Waals surface area contributed by atoms with Gasteiger partial charge in [0.15, 0.2) is 0 Å². The largest absolute Gasteiger partial charge is 0.480 e. The van der Waals surface area contributed by atoms with Crippen molar-refractivity contribution in [3.8, 4) is 0 Å². The maximum atomic E-state index is 12.4. The van der Waals surface area contributed by atoms with Crippen molar-refractivity contribution in [1.82, 2.24) is 5.32 Å². The number of amides is 1. The molecule has 2 aromatic carbocycles. The number of hydrogen-bond acceptors (Lipinski definition) is 4. The molecule has 0 fully saturated rings. The Labute approximate surface area is 191 Å². The summed E-state index contributed by atoms with van der Waals surface area (Å²) in [7, 11) is 1.63. The van der Waals surface area contributed by atoms with Gasteiger partial charge in [0.25, 0.3) is 5.91 Å². The third-order valence-electron chi connectivity index (χ3n) is 4.54. The highest BCUT2D eigenvalue weighted by atomic mass is 35.5. The molecule has 8 heteroatoms. The van der Waals surface area contributed by atoms with Crippen LogP contribution >= 0.6 is 23.2 Å². The number of carbonyl (C=O) groups excluding carboxylic acids is 1. The van der Waals surface area contributed by atoms with Crippen LogP contribution in [0.4, 0.5) is 0 Å². The Morgan fingerprint density at radius 3 is 2.32 bits per heavy atom. The van der Waals surface area contributed by atoms with E-state index in [9.17, 15) is 14.7 Å². The molecule has 0 spiro atoms. The fourth-order valence-corrected chi connectivity index (χ4v) is 3.36. The van der Waals surface area contributed by atoms with E-state index in [4.69, 9.17) is 32.7 Å². The Morgan fingerprint density at radius 1 is 1.10 bits per heavy atom. The van der Waals surface area contributed by atoms with Gasteiger partial charge < -0.3 is 19.9 Å². The van der Waals surface area contributed by atoms with Crippen LogP contribution < -0.4 is 5.32 Å². The van der Waals surface area contributed by atoms with Gasteiger partial charge in [0.05, 0.1) is 34.9 Å². The fraction of sp³-hybridized carbons (Fsp3) is 0.304. The quantitative estimate of drug-likeness (QED) is 0.455. The smallest absolute Gasteiger partial charge is 0.326 e. The number of rotatable bonds is 11. The molecule has 0 aliphatic heterocycles. The van der Waals surface area contributed by atoms with Gasteiger partial charge in [-0.2, -0.15) is 0 Å². The molecule has 2 aromatic rings. The molecule has 0 radical (unpaired) electrons. The van der Waals surface area contributed by atoms with Gasteiger partial charge in [-0.05, 0) is 36.6 Å². The lowest BCUT2D eigenvalue weighted by Gasteiger charge is -2.14. The molecular formula is C23H25Cl2NO5. The molecule has 2 unspecified atom stereocenters. The highest BCUT2D eigenvalue weighted by molar-refractivity contribution is 6.39. The first-order valence-electron chi connectivity index (χ1n) is 9.68. The van der Waals surface area contributed by atoms with Crippen LogP contribution in [0.5, 0.6) is 0 Å². The molecule has 2 N–H and O–H groups in total. The summed E-state index contributed by atoms with van der Waals surface area (Å²) in [5.41, 5.74) is 1.98. The number of carboxylic acids is 1. The maximum absolute atomic E-state index is 12.4. The molecular weight excluding hydrogens is 441 g/mol. The van der Waals surface area contributed by atoms with Crippen molar-refractivity contribution in [2.75, 3.05) is 20.3 Å². The van der Waals surface area contributed by atoms with Gasteiger partial charge in [0.2, 0.25) is 0 Å². The number of ether oxygens (including phenoxy) is 2. The summed E-state index contributed by atoms with van der Waals surface area (Å²) >= 11 is 12.0. The monoisotopic (exact) mass is 465 g/mol. The lowest BCUT2D eigenvalue weighted by molar-refractivity contribution is -0.139. The van der Waals surface area contributed by atoms with E-state index in [1.807, 2.05) is 31.2 Å². The minimum atomic E-state index is -1.15. The van der Waals surface area contributed by atoms with Gasteiger partial charge in [-0.25, -0.2) is 4.79 Å². The maximum Gasteiger partial charge on any atom is 0.326 e. The molecule has 0 heterocycles. The second kappa shape index (κ2) is 12.5. The first-order valence-corrected chi connectivity index (χ1v) is 10.4. The number of carbonyl (C=O) groups is 2. The molecule has 0 saturated heterocycles. The third-order valence-corrected chi connectivity index (χ3v) is 5.17. The molecule has 0 saturated carbocycles. The van der Waals surface area contributed by atoms with Crippen molar-refractivity contribution in [2.24, 2.45) is 0 Å². The van der Waals surface area contributed by atoms with Crippen LogP contribution in [0.3, 0.4) is 0 Å². The molecule has 6 nitrogen and oxygen atoms in total. The minimum Gasteiger partial charge on any atom is -0.480 e. The van der Waals surface area contributed by atoms with Crippen LogP contribution in [0.2, 0.25) is 10.0 Å². The minimum absolute atomic E-state index is 0.0542. The molecule has 0 aromatic heterocycles. The van der Waals surface area contributed by atoms with Crippen molar-refractivity contribution in [3.63, 3.8) is 0 Å². The van der Waals surface area contributed by atoms with Gasteiger partial charge in [0, 0.05) is 7.11 Å². The number of methoxy groups -OCH3 is 1. The van der Waals surface area contributed by atoms with Crippen LogP contribution in [0.1, 0.15) is 40.9 Å². The van der Waals surface area contributed by atoms with Crippen LogP contribution in [-0.4, -0.2) is 43.3 Å². The summed E-state index contributed by atoms with van der Waals surface area (Å²) in [6.45, 7) is 3.02. The van der Waals surface area contributed by atoms with Crippen LogP contribution in [0, 0.1) is 0 Å². The number of carboxylic acid groups (broad SMARTS) is 1. The molecule has 2 atom stereocenters. The van der Waals surface area contributed by atoms with E-state index >= 15 is 0 Å². The number of nitrogens with one attached hydrogen (secondary N) is 1. The molecule has 31 heavy (non-hydrogen) atoms. The topological polar surface area (TPSA) is 84.9 Å². The molecule has 0 bridgehead atoms. The van der Waals surface area contributed by atoms with E-state index in [0.29, 0.717) is 13.2 Å². The zero-order chi connectivity index (χ0) is 22.8. The summed E-state index contributed by atoms with van der Waals surface area (Å²) in [6.07, 6.45) is 3.53. The standard InChI is InChI=1S/C23H25Cl2NO5/c1-15(31-14-13-30-2)17-11-9-16(10-12-17)5-3-8-20(23(28)29)26-22(27)21-18(24)6-4-7-19(21)25/h3-7,9-12,15,20H,8,13-14H2,1-2H3,(H,26,27)(H,28,29)/b5-3+. The first kappa shape index (κ1) is 24.9. The van der Waals surface area contributed by atoms with Crippen LogP contribution in [-0.2, 0) is 14.3 Å². The predicted octanol–water partition coefficient (Wildman–Crippen LogP) is 5.00. The number of halogens is 2. The van der Waals surface area contributed by atoms with E-state index in [1.54, 1.807) is 25.3 Å². The van der Waals surface area contributed by atoms with Crippen molar-refractivity contribution in [2.45, 2.75) is 25.5 Å². The van der Waals surface area contributed by atoms with E-state index in [2.05, 4.69) is 5.32 Å². The van der Waals surface area contributed by atoms with Crippen molar-refractivity contribution < 1.29 is 24.2 Å². The summed E-state index contributed by atoms with van der Waals surface area (Å²) in [5.74, 6) is -1.79. The molecule has 0 aliphatic carbocycles. The lowest BCUT2D eigenvalue weighted by Crippen LogP contribution is -2.40. The highest BCUT2D eigenvalue weighted by Gasteiger charge is 2.22. The van der Waals surface area contributed by atoms with Gasteiger partial charge >= 0.3 is 5.97 Å². The lowest BCUT2D eigenvalue weighted by atomic mass is 10.1. The van der Waals surface area contributed by atoms with E-state index < -0.39 is 17.9 Å². The molecule has 166 valence electrons. The molecule has 2 rings (SSSR count). The molecule has 0 aliphatic rings. The number of hydrogen-bond donors (Lipinski definition) is 2. The Bertz CT molecular complexity index is 894. The summed E-state index contributed by atoms with van der Waals surface area (Å²) < 4.78 is 10.6. The Hall–Kier alpha value is -2.38. The van der Waals surface area contributed by atoms with Crippen LogP contribution in [0.25, 0.3) is 6.08 Å². The first-order chi connectivity index (χ1) is 14.8. The van der Waals surface area contributed by atoms with Crippen LogP contribution in [0.15, 0.2) is 48.5 Å². The Morgan fingerprint density at radius 2 is 1.74 bits per heavy atom. The number of benzene rings is 2. The number of aliphatic carboxylic acids is 1. The zero-order valence-corrected chi connectivity index (χ0v) is 18.8. The summed E-state index contributed by atoms with van der Waals surface area (Å²) in [5, 5.41) is 12.2. The zero-order valence-electron chi connectivity index (χ0n) is 17.3. The van der Waals surface area contributed by atoms with Crippen molar-refractivity contribution in [1.29, 1.82) is 0 Å². The fourth-order valence-electron chi connectivity index (χ4n) is 2.79. The van der Waals surface area contributed by atoms with E-state index in [1.165, 1.54) is 12.1 Å². The predicted molar refractivity (Wildman–Crippen MR) is 122 cm³/mol. The van der Waals surface area contributed by atoms with Gasteiger partial charge in [-0.3, -0.25) is 4.79 Å². The molecule has 1 amide bonds. The van der Waals surface area contributed by atoms with Gasteiger partial charge in [0.1, 0.15) is 6.04 Å². The summed E-state index contributed by atoms with van der Waals surface area (Å²) in [6, 6.07) is 11.3. The van der Waals surface area contributed by atoms with E-state index in [0.717, 1.165) is 11.1 Å².